The molecule has 1 aliphatic carbocycles. The summed E-state index contributed by atoms with van der Waals surface area (Å²) in [6.45, 7) is 6.27. The second-order valence-electron chi connectivity index (χ2n) is 6.08. The first-order chi connectivity index (χ1) is 10.1. The Hall–Kier alpha value is -0.550. The summed E-state index contributed by atoms with van der Waals surface area (Å²) in [7, 11) is 0. The minimum atomic E-state index is -0.284. The molecule has 1 saturated heterocycles. The minimum absolute atomic E-state index is 0.000273. The van der Waals surface area contributed by atoms with Crippen LogP contribution in [0.3, 0.4) is 0 Å². The number of carbonyl (C=O) groups is 2. The molecule has 5 heteroatoms. The first-order valence-corrected chi connectivity index (χ1v) is 9.39. The fourth-order valence-corrected chi connectivity index (χ4v) is 4.72. The van der Waals surface area contributed by atoms with Gasteiger partial charge < -0.3 is 5.32 Å². The average Bonchev–Trinajstić information content (AvgIpc) is 3.00. The molecule has 0 radical (unpaired) electrons. The maximum absolute atomic E-state index is 12.5. The monoisotopic (exact) mass is 312 g/mol. The largest absolute Gasteiger partial charge is 0.303 e. The van der Waals surface area contributed by atoms with Gasteiger partial charge in [0.1, 0.15) is 0 Å². The van der Waals surface area contributed by atoms with Crippen LogP contribution in [0.2, 0.25) is 0 Å². The lowest BCUT2D eigenvalue weighted by Gasteiger charge is -2.25. The molecule has 0 aromatic rings. The van der Waals surface area contributed by atoms with E-state index in [4.69, 9.17) is 0 Å². The van der Waals surface area contributed by atoms with Crippen molar-refractivity contribution in [1.29, 1.82) is 0 Å². The van der Waals surface area contributed by atoms with Crippen LogP contribution in [-0.4, -0.2) is 45.8 Å². The van der Waals surface area contributed by atoms with Crippen molar-refractivity contribution >= 4 is 23.6 Å². The number of nitrogens with zero attached hydrogens (tertiary/aromatic N) is 1. The standard InChI is InChI=1S/C16H28N2O2S/c1-4-12(5-2)18-15(19)10-14(16(18)20)17-11-7-8-13(9-11)21-6-3/h11-14,17H,4-10H2,1-3H3. The second-order valence-corrected chi connectivity index (χ2v) is 7.66. The van der Waals surface area contributed by atoms with E-state index >= 15 is 0 Å². The highest BCUT2D eigenvalue weighted by Gasteiger charge is 2.42. The molecule has 1 N–H and O–H groups in total. The van der Waals surface area contributed by atoms with Crippen molar-refractivity contribution < 1.29 is 9.59 Å². The zero-order chi connectivity index (χ0) is 15.4. The Labute approximate surface area is 132 Å². The molecule has 0 aromatic carbocycles. The molecule has 3 atom stereocenters. The molecule has 2 fully saturated rings. The fraction of sp³-hybridized carbons (Fsp3) is 0.875. The lowest BCUT2D eigenvalue weighted by molar-refractivity contribution is -0.141. The van der Waals surface area contributed by atoms with Crippen LogP contribution in [0.25, 0.3) is 0 Å². The Morgan fingerprint density at radius 3 is 2.57 bits per heavy atom. The van der Waals surface area contributed by atoms with E-state index in [1.54, 1.807) is 0 Å². The van der Waals surface area contributed by atoms with Crippen LogP contribution in [0.15, 0.2) is 0 Å². The van der Waals surface area contributed by atoms with E-state index in [0.717, 1.165) is 36.7 Å². The summed E-state index contributed by atoms with van der Waals surface area (Å²) in [6.07, 6.45) is 5.51. The minimum Gasteiger partial charge on any atom is -0.303 e. The Morgan fingerprint density at radius 1 is 1.24 bits per heavy atom. The molecule has 0 aromatic heterocycles. The summed E-state index contributed by atoms with van der Waals surface area (Å²) in [5.41, 5.74) is 0. The van der Waals surface area contributed by atoms with E-state index in [0.29, 0.717) is 12.5 Å². The number of hydrogen-bond donors (Lipinski definition) is 1. The Balaban J connectivity index is 1.91. The molecule has 1 heterocycles. The number of nitrogens with one attached hydrogen (secondary N) is 1. The number of likely N-dealkylation sites (tertiary alicyclic amines) is 1. The number of hydrogen-bond acceptors (Lipinski definition) is 4. The van der Waals surface area contributed by atoms with Gasteiger partial charge in [0, 0.05) is 17.3 Å². The van der Waals surface area contributed by atoms with Crippen LogP contribution in [0.4, 0.5) is 0 Å². The van der Waals surface area contributed by atoms with Crippen molar-refractivity contribution in [3.05, 3.63) is 0 Å². The molecule has 1 saturated carbocycles. The molecule has 4 nitrogen and oxygen atoms in total. The molecule has 21 heavy (non-hydrogen) atoms. The van der Waals surface area contributed by atoms with E-state index in [2.05, 4.69) is 12.2 Å². The average molecular weight is 312 g/mol. The van der Waals surface area contributed by atoms with Gasteiger partial charge in [0.25, 0.3) is 0 Å². The third-order valence-electron chi connectivity index (χ3n) is 4.71. The summed E-state index contributed by atoms with van der Waals surface area (Å²) in [5, 5.41) is 4.17. The summed E-state index contributed by atoms with van der Waals surface area (Å²) in [6, 6.07) is 0.190. The van der Waals surface area contributed by atoms with Crippen LogP contribution < -0.4 is 5.32 Å². The first kappa shape index (κ1) is 16.8. The zero-order valence-electron chi connectivity index (χ0n) is 13.4. The van der Waals surface area contributed by atoms with Crippen molar-refractivity contribution in [2.24, 2.45) is 0 Å². The van der Waals surface area contributed by atoms with Gasteiger partial charge in [-0.1, -0.05) is 20.8 Å². The van der Waals surface area contributed by atoms with Gasteiger partial charge in [0.15, 0.2) is 0 Å². The molecule has 1 aliphatic heterocycles. The van der Waals surface area contributed by atoms with Gasteiger partial charge in [0.2, 0.25) is 11.8 Å². The van der Waals surface area contributed by atoms with E-state index in [-0.39, 0.29) is 23.9 Å². The third kappa shape index (κ3) is 3.81. The predicted octanol–water partition coefficient (Wildman–Crippen LogP) is 2.57. The topological polar surface area (TPSA) is 49.4 Å². The van der Waals surface area contributed by atoms with Crippen LogP contribution in [0.5, 0.6) is 0 Å². The highest BCUT2D eigenvalue weighted by Crippen LogP contribution is 2.31. The molecular formula is C16H28N2O2S. The maximum Gasteiger partial charge on any atom is 0.247 e. The normalized spacial score (nSPS) is 29.9. The number of amides is 2. The number of imide groups is 1. The molecule has 2 amide bonds. The number of carbonyl (C=O) groups excluding carboxylic acids is 2. The summed E-state index contributed by atoms with van der Waals surface area (Å²) >= 11 is 2.01. The quantitative estimate of drug-likeness (QED) is 0.734. The number of thioether (sulfide) groups is 1. The molecular weight excluding hydrogens is 284 g/mol. The van der Waals surface area contributed by atoms with Crippen LogP contribution in [-0.2, 0) is 9.59 Å². The second kappa shape index (κ2) is 7.63. The Kier molecular flexibility index (Phi) is 6.11. The third-order valence-corrected chi connectivity index (χ3v) is 5.95. The van der Waals surface area contributed by atoms with Crippen molar-refractivity contribution in [3.63, 3.8) is 0 Å². The van der Waals surface area contributed by atoms with Gasteiger partial charge in [-0.15, -0.1) is 0 Å². The van der Waals surface area contributed by atoms with Gasteiger partial charge in [-0.25, -0.2) is 0 Å². The number of rotatable bonds is 7. The lowest BCUT2D eigenvalue weighted by Crippen LogP contribution is -2.46. The van der Waals surface area contributed by atoms with Crippen molar-refractivity contribution in [1.82, 2.24) is 10.2 Å². The van der Waals surface area contributed by atoms with Gasteiger partial charge in [-0.3, -0.25) is 14.5 Å². The highest BCUT2D eigenvalue weighted by molar-refractivity contribution is 7.99. The van der Waals surface area contributed by atoms with E-state index in [1.165, 1.54) is 11.3 Å². The maximum atomic E-state index is 12.5. The van der Waals surface area contributed by atoms with Crippen molar-refractivity contribution in [3.8, 4) is 0 Å². The Bertz CT molecular complexity index is 384. The van der Waals surface area contributed by atoms with Crippen LogP contribution in [0, 0.1) is 0 Å². The molecule has 0 spiro atoms. The summed E-state index contributed by atoms with van der Waals surface area (Å²) in [5.74, 6) is 1.16. The van der Waals surface area contributed by atoms with E-state index in [9.17, 15) is 9.59 Å². The van der Waals surface area contributed by atoms with Gasteiger partial charge in [-0.05, 0) is 37.9 Å². The SMILES string of the molecule is CCSC1CCC(NC2CC(=O)N(C(CC)CC)C2=O)C1. The van der Waals surface area contributed by atoms with Crippen molar-refractivity contribution in [2.75, 3.05) is 5.75 Å². The molecule has 120 valence electrons. The molecule has 2 rings (SSSR count). The molecule has 2 aliphatic rings. The highest BCUT2D eigenvalue weighted by atomic mass is 32.2. The van der Waals surface area contributed by atoms with E-state index in [1.807, 2.05) is 25.6 Å². The van der Waals surface area contributed by atoms with Gasteiger partial charge >= 0.3 is 0 Å². The van der Waals surface area contributed by atoms with Crippen LogP contribution in [0.1, 0.15) is 59.3 Å². The van der Waals surface area contributed by atoms with Crippen molar-refractivity contribution in [2.45, 2.75) is 82.7 Å². The van der Waals surface area contributed by atoms with Crippen LogP contribution >= 0.6 is 11.8 Å². The van der Waals surface area contributed by atoms with E-state index < -0.39 is 0 Å². The summed E-state index contributed by atoms with van der Waals surface area (Å²) in [4.78, 5) is 26.2. The molecule has 0 bridgehead atoms. The predicted molar refractivity (Wildman–Crippen MR) is 87.3 cm³/mol. The lowest BCUT2D eigenvalue weighted by atomic mass is 10.1. The smallest absolute Gasteiger partial charge is 0.247 e. The van der Waals surface area contributed by atoms with Gasteiger partial charge in [0.05, 0.1) is 12.5 Å². The zero-order valence-corrected chi connectivity index (χ0v) is 14.2. The van der Waals surface area contributed by atoms with Gasteiger partial charge in [-0.2, -0.15) is 11.8 Å². The molecule has 3 unspecified atom stereocenters. The first-order valence-electron chi connectivity index (χ1n) is 8.34. The Morgan fingerprint density at radius 2 is 1.95 bits per heavy atom. The fourth-order valence-electron chi connectivity index (χ4n) is 3.58. The summed E-state index contributed by atoms with van der Waals surface area (Å²) < 4.78 is 0.